The molecule has 1 nitrogen and oxygen atoms in total. The lowest BCUT2D eigenvalue weighted by atomic mass is 9.93. The van der Waals surface area contributed by atoms with Gasteiger partial charge in [-0.1, -0.05) is 64.0 Å². The van der Waals surface area contributed by atoms with Crippen molar-refractivity contribution in [2.45, 2.75) is 13.0 Å². The minimum atomic E-state index is -0.483. The Balaban J connectivity index is 2.20. The van der Waals surface area contributed by atoms with E-state index in [1.165, 1.54) is 6.07 Å². The van der Waals surface area contributed by atoms with Crippen LogP contribution in [-0.2, 0) is 0 Å². The third-order valence-electron chi connectivity index (χ3n) is 3.73. The number of aryl methyl sites for hydroxylation is 1. The van der Waals surface area contributed by atoms with Gasteiger partial charge >= 0.3 is 0 Å². The predicted octanol–water partition coefficient (Wildman–Crippen LogP) is 5.10. The molecular weight excluding hydrogens is 329 g/mol. The van der Waals surface area contributed by atoms with Crippen molar-refractivity contribution in [1.29, 1.82) is 0 Å². The molecule has 1 atom stereocenters. The Morgan fingerprint density at radius 3 is 2.43 bits per heavy atom. The molecule has 106 valence electrons. The number of hydrogen-bond acceptors (Lipinski definition) is 1. The summed E-state index contributed by atoms with van der Waals surface area (Å²) in [7, 11) is 0. The van der Waals surface area contributed by atoms with Crippen molar-refractivity contribution in [3.63, 3.8) is 0 Å². The third kappa shape index (κ3) is 2.59. The zero-order chi connectivity index (χ0) is 15.0. The van der Waals surface area contributed by atoms with Crippen LogP contribution >= 0.6 is 15.9 Å². The van der Waals surface area contributed by atoms with Crippen LogP contribution in [0.2, 0.25) is 0 Å². The molecule has 3 rings (SSSR count). The molecule has 0 aliphatic rings. The topological polar surface area (TPSA) is 26.0 Å². The summed E-state index contributed by atoms with van der Waals surface area (Å²) in [4.78, 5) is 0. The molecule has 0 spiro atoms. The molecule has 0 aliphatic carbocycles. The van der Waals surface area contributed by atoms with Gasteiger partial charge in [0.15, 0.2) is 0 Å². The van der Waals surface area contributed by atoms with Crippen LogP contribution in [0.1, 0.15) is 22.7 Å². The van der Waals surface area contributed by atoms with Crippen LogP contribution in [0.3, 0.4) is 0 Å². The molecule has 3 aromatic carbocycles. The van der Waals surface area contributed by atoms with E-state index in [0.29, 0.717) is 5.56 Å². The van der Waals surface area contributed by atoms with Crippen LogP contribution in [0.25, 0.3) is 10.8 Å². The molecule has 0 heterocycles. The molecule has 0 aliphatic heterocycles. The maximum atomic E-state index is 14.1. The van der Waals surface area contributed by atoms with Gasteiger partial charge in [0.1, 0.15) is 5.82 Å². The van der Waals surface area contributed by atoms with Crippen LogP contribution in [0.4, 0.5) is 4.39 Å². The summed E-state index contributed by atoms with van der Waals surface area (Å²) < 4.78 is 15.1. The second-order valence-electron chi connectivity index (χ2n) is 5.18. The highest BCUT2D eigenvalue weighted by Gasteiger charge is 2.16. The highest BCUT2D eigenvalue weighted by atomic mass is 79.9. The van der Waals surface area contributed by atoms with Gasteiger partial charge in [0.05, 0.1) is 6.04 Å². The molecule has 3 heteroatoms. The molecule has 0 fully saturated rings. The van der Waals surface area contributed by atoms with E-state index in [0.717, 1.165) is 26.4 Å². The van der Waals surface area contributed by atoms with Crippen molar-refractivity contribution in [2.75, 3.05) is 0 Å². The van der Waals surface area contributed by atoms with Gasteiger partial charge in [0.25, 0.3) is 0 Å². The highest BCUT2D eigenvalue weighted by Crippen LogP contribution is 2.32. The fourth-order valence-electron chi connectivity index (χ4n) is 2.63. The Morgan fingerprint density at radius 2 is 1.67 bits per heavy atom. The lowest BCUT2D eigenvalue weighted by Crippen LogP contribution is -2.14. The Labute approximate surface area is 131 Å². The summed E-state index contributed by atoms with van der Waals surface area (Å²) in [6.07, 6.45) is 0. The van der Waals surface area contributed by atoms with E-state index in [1.54, 1.807) is 6.07 Å². The summed E-state index contributed by atoms with van der Waals surface area (Å²) in [6, 6.07) is 16.5. The molecule has 0 aromatic heterocycles. The van der Waals surface area contributed by atoms with E-state index in [4.69, 9.17) is 5.73 Å². The fourth-order valence-corrected chi connectivity index (χ4v) is 3.10. The molecule has 0 radical (unpaired) electrons. The van der Waals surface area contributed by atoms with Crippen LogP contribution in [-0.4, -0.2) is 0 Å². The van der Waals surface area contributed by atoms with Gasteiger partial charge in [-0.05, 0) is 35.4 Å². The number of benzene rings is 3. The van der Waals surface area contributed by atoms with Crippen molar-refractivity contribution in [3.05, 3.63) is 81.6 Å². The van der Waals surface area contributed by atoms with Crippen molar-refractivity contribution in [1.82, 2.24) is 0 Å². The van der Waals surface area contributed by atoms with Gasteiger partial charge < -0.3 is 5.73 Å². The average molecular weight is 344 g/mol. The van der Waals surface area contributed by atoms with E-state index in [9.17, 15) is 4.39 Å². The lowest BCUT2D eigenvalue weighted by Gasteiger charge is -2.17. The van der Waals surface area contributed by atoms with Crippen molar-refractivity contribution in [3.8, 4) is 0 Å². The number of rotatable bonds is 2. The van der Waals surface area contributed by atoms with Crippen LogP contribution in [0, 0.1) is 12.7 Å². The van der Waals surface area contributed by atoms with Crippen LogP contribution < -0.4 is 5.73 Å². The number of fused-ring (bicyclic) bond motifs is 1. The largest absolute Gasteiger partial charge is 0.320 e. The Kier molecular flexibility index (Phi) is 3.79. The summed E-state index contributed by atoms with van der Waals surface area (Å²) >= 11 is 3.55. The quantitative estimate of drug-likeness (QED) is 0.688. The van der Waals surface area contributed by atoms with Gasteiger partial charge in [0.2, 0.25) is 0 Å². The number of nitrogens with two attached hydrogens (primary N) is 1. The number of halogens is 2. The summed E-state index contributed by atoms with van der Waals surface area (Å²) in [5.41, 5.74) is 8.81. The molecule has 1 unspecified atom stereocenters. The van der Waals surface area contributed by atoms with E-state index in [1.807, 2.05) is 49.4 Å². The standard InChI is InChI=1S/C18H15BrFN/c1-11-6-9-17(20)15(10-11)18(21)14-7-8-16(19)13-5-3-2-4-12(13)14/h2-10,18H,21H2,1H3. The van der Waals surface area contributed by atoms with E-state index in [2.05, 4.69) is 15.9 Å². The van der Waals surface area contributed by atoms with Gasteiger partial charge in [-0.2, -0.15) is 0 Å². The first kappa shape index (κ1) is 14.2. The molecule has 0 saturated heterocycles. The average Bonchev–Trinajstić information content (AvgIpc) is 2.50. The minimum absolute atomic E-state index is 0.264. The van der Waals surface area contributed by atoms with Crippen molar-refractivity contribution in [2.24, 2.45) is 5.73 Å². The normalized spacial score (nSPS) is 12.6. The zero-order valence-electron chi connectivity index (χ0n) is 11.6. The monoisotopic (exact) mass is 343 g/mol. The minimum Gasteiger partial charge on any atom is -0.320 e. The summed E-state index contributed by atoms with van der Waals surface area (Å²) in [5.74, 6) is -0.264. The highest BCUT2D eigenvalue weighted by molar-refractivity contribution is 9.10. The first-order chi connectivity index (χ1) is 10.1. The Bertz CT molecular complexity index is 813. The fraction of sp³-hybridized carbons (Fsp3) is 0.111. The van der Waals surface area contributed by atoms with E-state index in [-0.39, 0.29) is 5.82 Å². The van der Waals surface area contributed by atoms with Crippen molar-refractivity contribution < 1.29 is 4.39 Å². The molecule has 0 saturated carbocycles. The van der Waals surface area contributed by atoms with Gasteiger partial charge in [0, 0.05) is 10.0 Å². The summed E-state index contributed by atoms with van der Waals surface area (Å²) in [6.45, 7) is 1.94. The number of hydrogen-bond donors (Lipinski definition) is 1. The van der Waals surface area contributed by atoms with Gasteiger partial charge in [-0.15, -0.1) is 0 Å². The first-order valence-corrected chi connectivity index (χ1v) is 7.56. The Morgan fingerprint density at radius 1 is 0.952 bits per heavy atom. The third-order valence-corrected chi connectivity index (χ3v) is 4.42. The Hall–Kier alpha value is -1.71. The van der Waals surface area contributed by atoms with Crippen molar-refractivity contribution >= 4 is 26.7 Å². The van der Waals surface area contributed by atoms with Gasteiger partial charge in [-0.3, -0.25) is 0 Å². The first-order valence-electron chi connectivity index (χ1n) is 6.76. The van der Waals surface area contributed by atoms with E-state index < -0.39 is 6.04 Å². The molecule has 2 N–H and O–H groups in total. The van der Waals surface area contributed by atoms with Gasteiger partial charge in [-0.25, -0.2) is 4.39 Å². The molecule has 3 aromatic rings. The van der Waals surface area contributed by atoms with E-state index >= 15 is 0 Å². The SMILES string of the molecule is Cc1ccc(F)c(C(N)c2ccc(Br)c3ccccc23)c1. The smallest absolute Gasteiger partial charge is 0.128 e. The second kappa shape index (κ2) is 5.58. The zero-order valence-corrected chi connectivity index (χ0v) is 13.2. The second-order valence-corrected chi connectivity index (χ2v) is 6.04. The van der Waals surface area contributed by atoms with Crippen LogP contribution in [0.5, 0.6) is 0 Å². The predicted molar refractivity (Wildman–Crippen MR) is 88.8 cm³/mol. The molecule has 0 bridgehead atoms. The lowest BCUT2D eigenvalue weighted by molar-refractivity contribution is 0.599. The van der Waals surface area contributed by atoms with Crippen LogP contribution in [0.15, 0.2) is 59.1 Å². The summed E-state index contributed by atoms with van der Waals surface area (Å²) in [5, 5.41) is 2.12. The molecule has 0 amide bonds. The maximum absolute atomic E-state index is 14.1. The molecular formula is C18H15BrFN. The maximum Gasteiger partial charge on any atom is 0.128 e. The molecule has 21 heavy (non-hydrogen) atoms.